The fourth-order valence-electron chi connectivity index (χ4n) is 5.66. The average molecular weight is 897 g/mol. The number of hydrogen-bond acceptors (Lipinski definition) is 17. The first-order valence-electron chi connectivity index (χ1n) is 18.7. The number of phenols is 1. The molecule has 2 aromatic carbocycles. The minimum atomic E-state index is -1.85. The summed E-state index contributed by atoms with van der Waals surface area (Å²) >= 11 is 8.28. The van der Waals surface area contributed by atoms with Gasteiger partial charge in [0.2, 0.25) is 41.4 Å². The lowest BCUT2D eigenvalue weighted by Gasteiger charge is -2.40. The van der Waals surface area contributed by atoms with Crippen molar-refractivity contribution in [2.24, 2.45) is 11.5 Å². The summed E-state index contributed by atoms with van der Waals surface area (Å²) in [6, 6.07) is 7.78. The van der Waals surface area contributed by atoms with Crippen molar-refractivity contribution in [3.8, 4) is 5.75 Å². The van der Waals surface area contributed by atoms with Gasteiger partial charge >= 0.3 is 0 Å². The Morgan fingerprint density at radius 1 is 0.672 bits per heavy atom. The molecule has 0 aliphatic carbocycles. The lowest BCUT2D eigenvalue weighted by Crippen LogP contribution is -2.61. The van der Waals surface area contributed by atoms with E-state index in [1.807, 2.05) is 0 Å². The zero-order valence-corrected chi connectivity index (χ0v) is 34.4. The minimum Gasteiger partial charge on any atom is -0.508 e. The molecule has 0 saturated carbocycles. The van der Waals surface area contributed by atoms with Crippen LogP contribution in [-0.4, -0.2) is 166 Å². The topological polar surface area (TPSA) is 363 Å². The monoisotopic (exact) mass is 896 g/mol. The van der Waals surface area contributed by atoms with Gasteiger partial charge in [0.1, 0.15) is 54.3 Å². The maximum Gasteiger partial charge on any atom is 0.245 e. The van der Waals surface area contributed by atoms with E-state index in [0.29, 0.717) is 11.1 Å². The standard InChI is InChI=1S/C37H52N8O14S2/c38-21(10-19-6-8-20(47)9-7-19)32(53)44-24(16-60)34(55)41-13-28(49)42-22(11-18-4-2-1-3-5-18)35(56)45-25(17-61)36(57)43-23(33(54)40-12-27(39)48)15-58-37-31(52)30(51)29(50)26(14-46)59-37/h1-9,21-26,29-31,37,46-47,50-52,60-61H,10-17,38H2,(H2,39,48)(H,40,54)(H,41,55)(H,42,49)(H,43,57)(H,44,53)(H,45,56)/t21-,22-,23-,24+,25+,26+,29+,30-,31+,37-/m0/s1. The Bertz CT molecular complexity index is 1800. The summed E-state index contributed by atoms with van der Waals surface area (Å²) in [5.41, 5.74) is 12.4. The molecule has 0 spiro atoms. The molecule has 15 N–H and O–H groups in total. The molecule has 61 heavy (non-hydrogen) atoms. The number of aliphatic hydroxyl groups excluding tert-OH is 4. The molecule has 7 amide bonds. The van der Waals surface area contributed by atoms with Crippen LogP contribution in [-0.2, 0) is 55.9 Å². The maximum atomic E-state index is 13.7. The number of rotatable bonds is 23. The van der Waals surface area contributed by atoms with Crippen LogP contribution >= 0.6 is 25.3 Å². The molecule has 24 heteroatoms. The van der Waals surface area contributed by atoms with Crippen LogP contribution in [0.1, 0.15) is 11.1 Å². The number of phenolic OH excluding ortho intramolecular Hbond substituents is 1. The zero-order valence-electron chi connectivity index (χ0n) is 32.6. The maximum absolute atomic E-state index is 13.7. The van der Waals surface area contributed by atoms with E-state index >= 15 is 0 Å². The van der Waals surface area contributed by atoms with Crippen molar-refractivity contribution >= 4 is 66.6 Å². The van der Waals surface area contributed by atoms with Gasteiger partial charge in [-0.2, -0.15) is 25.3 Å². The molecule has 0 unspecified atom stereocenters. The third-order valence-corrected chi connectivity index (χ3v) is 9.79. The van der Waals surface area contributed by atoms with Crippen molar-refractivity contribution in [1.82, 2.24) is 31.9 Å². The van der Waals surface area contributed by atoms with E-state index < -0.39 is 129 Å². The number of aliphatic hydroxyl groups is 4. The van der Waals surface area contributed by atoms with Gasteiger partial charge in [0.25, 0.3) is 0 Å². The Morgan fingerprint density at radius 2 is 1.21 bits per heavy atom. The third kappa shape index (κ3) is 16.1. The van der Waals surface area contributed by atoms with E-state index in [-0.39, 0.29) is 30.1 Å². The van der Waals surface area contributed by atoms with E-state index in [1.54, 1.807) is 42.5 Å². The zero-order chi connectivity index (χ0) is 45.2. The van der Waals surface area contributed by atoms with Gasteiger partial charge in [-0.1, -0.05) is 42.5 Å². The first kappa shape index (κ1) is 50.3. The largest absolute Gasteiger partial charge is 0.508 e. The van der Waals surface area contributed by atoms with Crippen LogP contribution in [0.5, 0.6) is 5.75 Å². The minimum absolute atomic E-state index is 0.0358. The van der Waals surface area contributed by atoms with Gasteiger partial charge in [0, 0.05) is 17.9 Å². The molecule has 1 saturated heterocycles. The summed E-state index contributed by atoms with van der Waals surface area (Å²) in [7, 11) is 0. The number of nitrogens with two attached hydrogens (primary N) is 2. The van der Waals surface area contributed by atoms with Gasteiger partial charge in [0.05, 0.1) is 32.3 Å². The number of carbonyl (C=O) groups excluding carboxylic acids is 7. The van der Waals surface area contributed by atoms with Gasteiger partial charge in [-0.05, 0) is 29.7 Å². The molecule has 10 atom stereocenters. The molecule has 0 radical (unpaired) electrons. The first-order chi connectivity index (χ1) is 29.0. The summed E-state index contributed by atoms with van der Waals surface area (Å²) in [5, 5.41) is 63.8. The van der Waals surface area contributed by atoms with Crippen LogP contribution < -0.4 is 43.4 Å². The molecule has 336 valence electrons. The Balaban J connectivity index is 1.67. The summed E-state index contributed by atoms with van der Waals surface area (Å²) in [4.78, 5) is 90.4. The van der Waals surface area contributed by atoms with Crippen molar-refractivity contribution in [2.45, 2.75) is 73.8 Å². The van der Waals surface area contributed by atoms with Gasteiger partial charge in [0.15, 0.2) is 6.29 Å². The van der Waals surface area contributed by atoms with Crippen molar-refractivity contribution in [2.75, 3.05) is 37.8 Å². The van der Waals surface area contributed by atoms with Crippen molar-refractivity contribution in [1.29, 1.82) is 0 Å². The number of amides is 7. The van der Waals surface area contributed by atoms with Crippen LogP contribution in [0, 0.1) is 0 Å². The second kappa shape index (κ2) is 25.0. The van der Waals surface area contributed by atoms with Crippen LogP contribution in [0.25, 0.3) is 0 Å². The number of thiol groups is 2. The normalized spacial score (nSPS) is 21.0. The number of aromatic hydroxyl groups is 1. The Hall–Kier alpha value is -5.05. The number of benzene rings is 2. The number of ether oxygens (including phenoxy) is 2. The molecule has 1 heterocycles. The average Bonchev–Trinajstić information content (AvgIpc) is 3.24. The van der Waals surface area contributed by atoms with Gasteiger partial charge < -0.3 is 78.4 Å². The van der Waals surface area contributed by atoms with E-state index in [2.05, 4.69) is 57.2 Å². The molecule has 1 aliphatic rings. The Morgan fingerprint density at radius 3 is 1.82 bits per heavy atom. The van der Waals surface area contributed by atoms with Crippen LogP contribution in [0.15, 0.2) is 54.6 Å². The predicted molar refractivity (Wildman–Crippen MR) is 220 cm³/mol. The Labute approximate surface area is 360 Å². The summed E-state index contributed by atoms with van der Waals surface area (Å²) in [6.45, 7) is -2.84. The van der Waals surface area contributed by atoms with Crippen molar-refractivity contribution in [3.05, 3.63) is 65.7 Å². The van der Waals surface area contributed by atoms with E-state index in [1.165, 1.54) is 12.1 Å². The first-order valence-corrected chi connectivity index (χ1v) is 20.0. The molecule has 1 aliphatic heterocycles. The molecule has 3 rings (SSSR count). The summed E-state index contributed by atoms with van der Waals surface area (Å²) < 4.78 is 10.7. The highest BCUT2D eigenvalue weighted by atomic mass is 32.1. The number of carbonyl (C=O) groups is 7. The van der Waals surface area contributed by atoms with E-state index in [4.69, 9.17) is 20.9 Å². The number of primary amides is 1. The Kier molecular flexibility index (Phi) is 20.6. The number of nitrogens with one attached hydrogen (secondary N) is 6. The lowest BCUT2D eigenvalue weighted by atomic mass is 9.99. The summed E-state index contributed by atoms with van der Waals surface area (Å²) in [5.74, 6) is -6.58. The smallest absolute Gasteiger partial charge is 0.245 e. The van der Waals surface area contributed by atoms with Crippen LogP contribution in [0.4, 0.5) is 0 Å². The van der Waals surface area contributed by atoms with E-state index in [0.717, 1.165) is 0 Å². The van der Waals surface area contributed by atoms with Gasteiger partial charge in [-0.3, -0.25) is 33.6 Å². The number of hydrogen-bond donors (Lipinski definition) is 15. The molecule has 2 aromatic rings. The van der Waals surface area contributed by atoms with Crippen molar-refractivity contribution in [3.63, 3.8) is 0 Å². The van der Waals surface area contributed by atoms with Crippen molar-refractivity contribution < 1.29 is 68.6 Å². The second-order valence-electron chi connectivity index (χ2n) is 13.8. The molecule has 22 nitrogen and oxygen atoms in total. The lowest BCUT2D eigenvalue weighted by molar-refractivity contribution is -0.301. The van der Waals surface area contributed by atoms with Gasteiger partial charge in [-0.15, -0.1) is 0 Å². The SMILES string of the molecule is NC(=O)CNC(=O)[C@H](CO[C@H]1O[C@H](CO)[C@@H](O)[C@H](O)[C@H]1O)NC(=O)[C@@H](CS)NC(=O)[C@H](Cc1ccccc1)NC(=O)CNC(=O)[C@@H](CS)NC(=O)[C@@H](N)Cc1ccc(O)cc1. The highest BCUT2D eigenvalue weighted by Gasteiger charge is 2.44. The predicted octanol–water partition coefficient (Wildman–Crippen LogP) is -6.16. The van der Waals surface area contributed by atoms with Crippen LogP contribution in [0.2, 0.25) is 0 Å². The summed E-state index contributed by atoms with van der Waals surface area (Å²) in [6.07, 6.45) is -8.42. The quantitative estimate of drug-likeness (QED) is 0.0462. The molecular weight excluding hydrogens is 845 g/mol. The van der Waals surface area contributed by atoms with Crippen LogP contribution in [0.3, 0.4) is 0 Å². The van der Waals surface area contributed by atoms with E-state index in [9.17, 15) is 59.1 Å². The molecule has 1 fully saturated rings. The third-order valence-electron chi connectivity index (χ3n) is 9.06. The fourth-order valence-corrected chi connectivity index (χ4v) is 6.18. The molecule has 0 bridgehead atoms. The fraction of sp³-hybridized carbons (Fsp3) is 0.486. The molecule has 0 aromatic heterocycles. The highest BCUT2D eigenvalue weighted by molar-refractivity contribution is 7.80. The molecular formula is C37H52N8O14S2. The van der Waals surface area contributed by atoms with Gasteiger partial charge in [-0.25, -0.2) is 0 Å². The second-order valence-corrected chi connectivity index (χ2v) is 14.5. The highest BCUT2D eigenvalue weighted by Crippen LogP contribution is 2.22.